The van der Waals surface area contributed by atoms with Gasteiger partial charge in [-0.2, -0.15) is 0 Å². The molecule has 0 amide bonds. The van der Waals surface area contributed by atoms with Crippen LogP contribution in [0.1, 0.15) is 117 Å². The van der Waals surface area contributed by atoms with E-state index in [9.17, 15) is 5.11 Å². The van der Waals surface area contributed by atoms with Gasteiger partial charge in [0.25, 0.3) is 0 Å². The van der Waals surface area contributed by atoms with Gasteiger partial charge in [-0.3, -0.25) is 19.1 Å². The second kappa shape index (κ2) is 17.2. The zero-order valence-electron chi connectivity index (χ0n) is 33.1. The molecule has 0 spiro atoms. The molecule has 1 aliphatic rings. The Labute approximate surface area is 300 Å². The summed E-state index contributed by atoms with van der Waals surface area (Å²) in [6.07, 6.45) is -0.705. The van der Waals surface area contributed by atoms with Gasteiger partial charge in [-0.25, -0.2) is 19.7 Å². The molecule has 0 aromatic carbocycles. The van der Waals surface area contributed by atoms with Crippen molar-refractivity contribution in [2.24, 2.45) is 0 Å². The van der Waals surface area contributed by atoms with Crippen LogP contribution in [0.2, 0.25) is 44.3 Å². The second-order valence-corrected chi connectivity index (χ2v) is 39.1. The molecule has 3 rings (SSSR count). The van der Waals surface area contributed by atoms with Crippen LogP contribution in [0.5, 0.6) is 0 Å². The lowest BCUT2D eigenvalue weighted by Gasteiger charge is -2.46. The number of aliphatic hydroxyl groups excluding tert-OH is 1. The van der Waals surface area contributed by atoms with Crippen LogP contribution >= 0.6 is 0 Å². The maximum absolute atomic E-state index is 12.0. The number of ether oxygens (including phenoxy) is 1. The number of nitrogens with zero attached hydrogens (tertiary/aromatic N) is 3. The molecule has 49 heavy (non-hydrogen) atoms. The highest BCUT2D eigenvalue weighted by Gasteiger charge is 2.57. The summed E-state index contributed by atoms with van der Waals surface area (Å²) in [4.78, 5) is 24.5. The van der Waals surface area contributed by atoms with Crippen LogP contribution in [-0.4, -0.2) is 81.8 Å². The first-order chi connectivity index (χ1) is 22.8. The van der Waals surface area contributed by atoms with Crippen LogP contribution in [0.3, 0.4) is 0 Å². The molecule has 0 aliphatic carbocycles. The van der Waals surface area contributed by atoms with Crippen molar-refractivity contribution >= 4 is 43.5 Å². The summed E-state index contributed by atoms with van der Waals surface area (Å²) < 4.78 is 21.8. The maximum atomic E-state index is 12.0. The van der Waals surface area contributed by atoms with Crippen molar-refractivity contribution in [3.8, 4) is 0 Å². The number of aliphatic hydroxyl groups is 1. The van der Waals surface area contributed by atoms with Gasteiger partial charge < -0.3 is 14.8 Å². The molecule has 0 unspecified atom stereocenters. The topological polar surface area (TPSA) is 137 Å². The van der Waals surface area contributed by atoms with E-state index in [4.69, 9.17) is 29.1 Å². The Balaban J connectivity index is 2.04. The normalized spacial score (nSPS) is 21.4. The molecule has 1 fully saturated rings. The van der Waals surface area contributed by atoms with Gasteiger partial charge in [-0.15, -0.1) is 0 Å². The number of hydrogen-bond acceptors (Lipinski definition) is 9. The van der Waals surface area contributed by atoms with Gasteiger partial charge in [-0.1, -0.05) is 133 Å². The molecular formula is C34H67N5O6Si4. The Hall–Kier alpha value is -1.02. The molecule has 15 heteroatoms. The van der Waals surface area contributed by atoms with Crippen molar-refractivity contribution in [2.45, 2.75) is 180 Å². The van der Waals surface area contributed by atoms with Crippen molar-refractivity contribution < 1.29 is 28.8 Å². The van der Waals surface area contributed by atoms with Crippen LogP contribution in [0.4, 0.5) is 0 Å². The van der Waals surface area contributed by atoms with Crippen molar-refractivity contribution in [1.29, 1.82) is 5.41 Å². The molecule has 280 valence electrons. The summed E-state index contributed by atoms with van der Waals surface area (Å²) in [7, 11) is -6.86. The van der Waals surface area contributed by atoms with Crippen molar-refractivity contribution in [2.75, 3.05) is 6.61 Å². The summed E-state index contributed by atoms with van der Waals surface area (Å²) in [5.41, 5.74) is 4.36. The van der Waals surface area contributed by atoms with E-state index in [1.165, 1.54) is 17.2 Å². The molecule has 3 heterocycles. The largest absolute Gasteiger partial charge is 0.385 e. The monoisotopic (exact) mass is 753 g/mol. The van der Waals surface area contributed by atoms with E-state index in [0.717, 1.165) is 0 Å². The predicted molar refractivity (Wildman–Crippen MR) is 204 cm³/mol. The van der Waals surface area contributed by atoms with Gasteiger partial charge in [0, 0.05) is 0 Å². The van der Waals surface area contributed by atoms with Gasteiger partial charge in [0.2, 0.25) is 15.7 Å². The lowest BCUT2D eigenvalue weighted by atomic mass is 10.1. The van der Waals surface area contributed by atoms with E-state index in [1.54, 1.807) is 0 Å². The van der Waals surface area contributed by atoms with Gasteiger partial charge in [-0.05, 0) is 22.2 Å². The van der Waals surface area contributed by atoms with Crippen LogP contribution in [0, 0.1) is 5.41 Å². The Morgan fingerprint density at radius 3 is 1.71 bits per heavy atom. The Morgan fingerprint density at radius 2 is 1.27 bits per heavy atom. The van der Waals surface area contributed by atoms with Crippen molar-refractivity contribution in [1.82, 2.24) is 19.5 Å². The Kier molecular flexibility index (Phi) is 14.9. The molecule has 0 bridgehead atoms. The van der Waals surface area contributed by atoms with E-state index >= 15 is 0 Å². The van der Waals surface area contributed by atoms with Crippen molar-refractivity contribution in [3.63, 3.8) is 0 Å². The third kappa shape index (κ3) is 8.30. The van der Waals surface area contributed by atoms with Crippen LogP contribution < -0.4 is 5.49 Å². The third-order valence-corrected chi connectivity index (χ3v) is 44.7. The molecule has 2 aromatic rings. The Morgan fingerprint density at radius 1 is 0.796 bits per heavy atom. The SMILES string of the molecule is CC(C)[Si](C(C)C)[Si](OOC[C@H]1O[C@@H](n2cnc3nc[nH]c3c2=N)[C@@H](O)[C@@H]1OO[Si](C(C)C)(C(C)C)[Si](C(C)C)C(C)C)(C(C)C)C(C)C. The van der Waals surface area contributed by atoms with Crippen LogP contribution in [0.25, 0.3) is 11.2 Å². The first-order valence-corrected chi connectivity index (χ1v) is 27.9. The summed E-state index contributed by atoms with van der Waals surface area (Å²) in [6.45, 7) is 36.8. The average Bonchev–Trinajstić information content (AvgIpc) is 3.58. The summed E-state index contributed by atoms with van der Waals surface area (Å²) >= 11 is 0. The quantitative estimate of drug-likeness (QED) is 0.0790. The molecule has 11 nitrogen and oxygen atoms in total. The molecule has 2 aromatic heterocycles. The van der Waals surface area contributed by atoms with Gasteiger partial charge in [0.05, 0.1) is 23.0 Å². The van der Waals surface area contributed by atoms with E-state index in [2.05, 4.69) is 126 Å². The molecular weight excluding hydrogens is 687 g/mol. The van der Waals surface area contributed by atoms with Crippen LogP contribution in [-0.2, 0) is 23.7 Å². The number of rotatable bonds is 18. The molecule has 1 saturated heterocycles. The minimum Gasteiger partial charge on any atom is -0.385 e. The van der Waals surface area contributed by atoms with E-state index in [1.807, 2.05) is 0 Å². The molecule has 4 atom stereocenters. The van der Waals surface area contributed by atoms with Crippen molar-refractivity contribution in [3.05, 3.63) is 18.1 Å². The fraction of sp³-hybridized carbons (Fsp3) is 0.853. The fourth-order valence-corrected chi connectivity index (χ4v) is 41.7. The third-order valence-electron chi connectivity index (χ3n) is 10.5. The number of fused-ring (bicyclic) bond motifs is 1. The molecule has 1 aliphatic heterocycles. The first kappa shape index (κ1) is 42.4. The lowest BCUT2D eigenvalue weighted by Crippen LogP contribution is -2.62. The molecule has 0 saturated carbocycles. The predicted octanol–water partition coefficient (Wildman–Crippen LogP) is 8.08. The molecule has 3 N–H and O–H groups in total. The second-order valence-electron chi connectivity index (χ2n) is 16.4. The maximum Gasteiger partial charge on any atom is 0.229 e. The zero-order chi connectivity index (χ0) is 37.2. The smallest absolute Gasteiger partial charge is 0.229 e. The highest BCUT2D eigenvalue weighted by molar-refractivity contribution is 7.32. The molecule has 2 radical (unpaired) electrons. The standard InChI is InChI=1S/C34H67N5O6Si4/c1-20(2)46(21(3)4)48(24(9)10,25(11)12)44-41-17-28-31(43-45-49(26(13)14,27(15)16)47(22(5)6)23(7)8)30(40)34(42-28)39-19-38-33-29(32(39)35)36-18-37-33/h18-28,30-31,34-35,40H,17H2,1-16H3,(H,36,37)/t28-,30+,31-,34-/m1/s1. The number of aromatic nitrogens is 4. The number of nitrogens with one attached hydrogen (secondary N) is 2. The van der Waals surface area contributed by atoms with Gasteiger partial charge in [0.15, 0.2) is 23.5 Å². The average molecular weight is 754 g/mol. The van der Waals surface area contributed by atoms with E-state index in [-0.39, 0.29) is 12.1 Å². The highest BCUT2D eigenvalue weighted by atomic mass is 29.2. The lowest BCUT2D eigenvalue weighted by molar-refractivity contribution is -0.296. The van der Waals surface area contributed by atoms with E-state index in [0.29, 0.717) is 55.5 Å². The first-order valence-electron chi connectivity index (χ1n) is 18.4. The summed E-state index contributed by atoms with van der Waals surface area (Å²) in [6, 6.07) is 0. The fourth-order valence-electron chi connectivity index (χ4n) is 8.88. The van der Waals surface area contributed by atoms with Crippen LogP contribution in [0.15, 0.2) is 12.7 Å². The minimum absolute atomic E-state index is 0.0544. The zero-order valence-corrected chi connectivity index (χ0v) is 37.1. The number of imidazole rings is 1. The highest BCUT2D eigenvalue weighted by Crippen LogP contribution is 2.46. The minimum atomic E-state index is -2.52. The summed E-state index contributed by atoms with van der Waals surface area (Å²) in [5.74, 6) is 0. The Bertz CT molecular complexity index is 1350. The van der Waals surface area contributed by atoms with Gasteiger partial charge >= 0.3 is 0 Å². The number of aromatic amines is 1. The van der Waals surface area contributed by atoms with E-state index < -0.39 is 56.8 Å². The summed E-state index contributed by atoms with van der Waals surface area (Å²) in [5, 5.41) is 20.9. The number of hydrogen-bond donors (Lipinski definition) is 3. The van der Waals surface area contributed by atoms with Gasteiger partial charge in [0.1, 0.15) is 30.7 Å². The number of H-pyrrole nitrogens is 1.